The highest BCUT2D eigenvalue weighted by atomic mass is 19.1. The van der Waals surface area contributed by atoms with E-state index in [9.17, 15) is 14.0 Å². The minimum atomic E-state index is -0.464. The molecule has 6 heteroatoms. The Hall–Kier alpha value is -2.11. The normalized spacial score (nSPS) is 19.6. The number of amides is 2. The smallest absolute Gasteiger partial charge is 0.242 e. The molecule has 108 valence electrons. The van der Waals surface area contributed by atoms with Crippen LogP contribution in [0.5, 0.6) is 5.75 Å². The van der Waals surface area contributed by atoms with Gasteiger partial charge in [-0.15, -0.1) is 0 Å². The molecule has 1 unspecified atom stereocenters. The van der Waals surface area contributed by atoms with Gasteiger partial charge in [-0.2, -0.15) is 0 Å². The van der Waals surface area contributed by atoms with E-state index in [1.54, 1.807) is 11.0 Å². The Morgan fingerprint density at radius 1 is 1.45 bits per heavy atom. The van der Waals surface area contributed by atoms with Crippen molar-refractivity contribution in [3.63, 3.8) is 0 Å². The Balaban J connectivity index is 2.16. The van der Waals surface area contributed by atoms with E-state index in [0.29, 0.717) is 5.56 Å². The maximum absolute atomic E-state index is 13.6. The highest BCUT2D eigenvalue weighted by molar-refractivity contribution is 5.87. The van der Waals surface area contributed by atoms with Crippen molar-refractivity contribution in [1.29, 1.82) is 0 Å². The Labute approximate surface area is 116 Å². The summed E-state index contributed by atoms with van der Waals surface area (Å²) in [4.78, 5) is 25.0. The van der Waals surface area contributed by atoms with Gasteiger partial charge in [0.2, 0.25) is 11.8 Å². The standard InChI is InChI=1S/C14H17FN2O3/c1-9-5-13(18)16-7-14(19)17(9)8-10-3-4-12(20-2)11(15)6-10/h3-4,6,9H,5,7-8H2,1-2H3,(H,16,18). The molecule has 1 fully saturated rings. The Bertz CT molecular complexity index is 533. The molecular formula is C14H17FN2O3. The van der Waals surface area contributed by atoms with Crippen LogP contribution >= 0.6 is 0 Å². The van der Waals surface area contributed by atoms with E-state index in [4.69, 9.17) is 4.74 Å². The molecule has 1 saturated heterocycles. The summed E-state index contributed by atoms with van der Waals surface area (Å²) >= 11 is 0. The quantitative estimate of drug-likeness (QED) is 0.901. The minimum Gasteiger partial charge on any atom is -0.494 e. The van der Waals surface area contributed by atoms with Crippen LogP contribution in [0.25, 0.3) is 0 Å². The van der Waals surface area contributed by atoms with Gasteiger partial charge < -0.3 is 15.0 Å². The first-order chi connectivity index (χ1) is 9.51. The zero-order chi connectivity index (χ0) is 14.7. The monoisotopic (exact) mass is 280 g/mol. The molecule has 0 aliphatic carbocycles. The highest BCUT2D eigenvalue weighted by Gasteiger charge is 2.26. The van der Waals surface area contributed by atoms with Crippen molar-refractivity contribution in [2.45, 2.75) is 25.9 Å². The number of carbonyl (C=O) groups excluding carboxylic acids is 2. The summed E-state index contributed by atoms with van der Waals surface area (Å²) in [5.41, 5.74) is 0.665. The van der Waals surface area contributed by atoms with Gasteiger partial charge in [-0.05, 0) is 24.6 Å². The Morgan fingerprint density at radius 2 is 2.20 bits per heavy atom. The van der Waals surface area contributed by atoms with Crippen molar-refractivity contribution in [3.05, 3.63) is 29.6 Å². The molecule has 0 bridgehead atoms. The van der Waals surface area contributed by atoms with Crippen LogP contribution in [0.15, 0.2) is 18.2 Å². The van der Waals surface area contributed by atoms with Crippen LogP contribution in [-0.2, 0) is 16.1 Å². The molecule has 1 aromatic rings. The number of ether oxygens (including phenoxy) is 1. The molecule has 1 N–H and O–H groups in total. The highest BCUT2D eigenvalue weighted by Crippen LogP contribution is 2.20. The van der Waals surface area contributed by atoms with Crippen molar-refractivity contribution >= 4 is 11.8 Å². The molecule has 20 heavy (non-hydrogen) atoms. The van der Waals surface area contributed by atoms with Gasteiger partial charge >= 0.3 is 0 Å². The molecule has 1 aliphatic heterocycles. The Kier molecular flexibility index (Phi) is 4.22. The fourth-order valence-electron chi connectivity index (χ4n) is 2.22. The molecule has 5 nitrogen and oxygen atoms in total. The molecule has 2 amide bonds. The van der Waals surface area contributed by atoms with Crippen LogP contribution < -0.4 is 10.1 Å². The van der Waals surface area contributed by atoms with E-state index in [1.165, 1.54) is 19.2 Å². The molecule has 1 aromatic carbocycles. The van der Waals surface area contributed by atoms with E-state index >= 15 is 0 Å². The summed E-state index contributed by atoms with van der Waals surface area (Å²) in [5, 5.41) is 2.55. The lowest BCUT2D eigenvalue weighted by molar-refractivity contribution is -0.132. The molecule has 0 radical (unpaired) electrons. The third-order valence-corrected chi connectivity index (χ3v) is 3.34. The largest absolute Gasteiger partial charge is 0.494 e. The lowest BCUT2D eigenvalue weighted by Crippen LogP contribution is -2.39. The number of rotatable bonds is 3. The van der Waals surface area contributed by atoms with E-state index < -0.39 is 5.82 Å². The van der Waals surface area contributed by atoms with Crippen LogP contribution in [0.1, 0.15) is 18.9 Å². The second-order valence-corrected chi connectivity index (χ2v) is 4.82. The third kappa shape index (κ3) is 3.07. The number of carbonyl (C=O) groups is 2. The van der Waals surface area contributed by atoms with Crippen LogP contribution in [0.3, 0.4) is 0 Å². The molecule has 0 aromatic heterocycles. The molecule has 0 saturated carbocycles. The first-order valence-electron chi connectivity index (χ1n) is 6.40. The van der Waals surface area contributed by atoms with Gasteiger partial charge in [-0.25, -0.2) is 4.39 Å². The van der Waals surface area contributed by atoms with Crippen molar-refractivity contribution in [3.8, 4) is 5.75 Å². The maximum atomic E-state index is 13.6. The summed E-state index contributed by atoms with van der Waals surface area (Å²) < 4.78 is 18.5. The van der Waals surface area contributed by atoms with Gasteiger partial charge in [0.25, 0.3) is 0 Å². The Morgan fingerprint density at radius 3 is 2.85 bits per heavy atom. The number of hydrogen-bond acceptors (Lipinski definition) is 3. The van der Waals surface area contributed by atoms with E-state index in [2.05, 4.69) is 5.32 Å². The number of hydrogen-bond donors (Lipinski definition) is 1. The second kappa shape index (κ2) is 5.90. The number of nitrogens with zero attached hydrogens (tertiary/aromatic N) is 1. The van der Waals surface area contributed by atoms with Gasteiger partial charge in [-0.3, -0.25) is 9.59 Å². The van der Waals surface area contributed by atoms with Crippen LogP contribution in [-0.4, -0.2) is 36.4 Å². The predicted molar refractivity (Wildman–Crippen MR) is 70.6 cm³/mol. The molecule has 1 atom stereocenters. The van der Waals surface area contributed by atoms with Gasteiger partial charge in [-0.1, -0.05) is 6.07 Å². The third-order valence-electron chi connectivity index (χ3n) is 3.34. The average Bonchev–Trinajstić information content (AvgIpc) is 2.52. The molecule has 1 aliphatic rings. The second-order valence-electron chi connectivity index (χ2n) is 4.82. The van der Waals surface area contributed by atoms with Gasteiger partial charge in [0.1, 0.15) is 0 Å². The maximum Gasteiger partial charge on any atom is 0.242 e. The molecule has 0 spiro atoms. The van der Waals surface area contributed by atoms with Crippen LogP contribution in [0, 0.1) is 5.82 Å². The number of halogens is 1. The van der Waals surface area contributed by atoms with Crippen LogP contribution in [0.2, 0.25) is 0 Å². The average molecular weight is 280 g/mol. The van der Waals surface area contributed by atoms with Gasteiger partial charge in [0.15, 0.2) is 11.6 Å². The fraction of sp³-hybridized carbons (Fsp3) is 0.429. The van der Waals surface area contributed by atoms with Crippen molar-refractivity contribution in [2.75, 3.05) is 13.7 Å². The SMILES string of the molecule is COc1ccc(CN2C(=O)CNC(=O)CC2C)cc1F. The zero-order valence-corrected chi connectivity index (χ0v) is 11.5. The molecule has 2 rings (SSSR count). The number of benzene rings is 1. The van der Waals surface area contributed by atoms with Gasteiger partial charge in [0, 0.05) is 19.0 Å². The first kappa shape index (κ1) is 14.3. The fourth-order valence-corrected chi connectivity index (χ4v) is 2.22. The van der Waals surface area contributed by atoms with Crippen molar-refractivity contribution < 1.29 is 18.7 Å². The number of methoxy groups -OCH3 is 1. The molecular weight excluding hydrogens is 263 g/mol. The summed E-state index contributed by atoms with van der Waals surface area (Å²) in [5.74, 6) is -0.608. The molecule has 1 heterocycles. The lowest BCUT2D eigenvalue weighted by atomic mass is 10.1. The number of nitrogens with one attached hydrogen (secondary N) is 1. The van der Waals surface area contributed by atoms with Crippen LogP contribution in [0.4, 0.5) is 4.39 Å². The summed E-state index contributed by atoms with van der Waals surface area (Å²) in [6.07, 6.45) is 0.254. The summed E-state index contributed by atoms with van der Waals surface area (Å²) in [6, 6.07) is 4.37. The van der Waals surface area contributed by atoms with E-state index in [1.807, 2.05) is 6.92 Å². The lowest BCUT2D eigenvalue weighted by Gasteiger charge is -2.26. The van der Waals surface area contributed by atoms with Crippen molar-refractivity contribution in [1.82, 2.24) is 10.2 Å². The van der Waals surface area contributed by atoms with E-state index in [0.717, 1.165) is 0 Å². The zero-order valence-electron chi connectivity index (χ0n) is 11.5. The first-order valence-corrected chi connectivity index (χ1v) is 6.40. The van der Waals surface area contributed by atoms with Gasteiger partial charge in [0.05, 0.1) is 13.7 Å². The summed E-state index contributed by atoms with van der Waals surface area (Å²) in [7, 11) is 1.40. The minimum absolute atomic E-state index is 0.0121. The topological polar surface area (TPSA) is 58.6 Å². The predicted octanol–water partition coefficient (Wildman–Crippen LogP) is 1.07. The van der Waals surface area contributed by atoms with E-state index in [-0.39, 0.29) is 43.1 Å². The summed E-state index contributed by atoms with van der Waals surface area (Å²) in [6.45, 7) is 2.07. The van der Waals surface area contributed by atoms with Crippen molar-refractivity contribution in [2.24, 2.45) is 0 Å².